The summed E-state index contributed by atoms with van der Waals surface area (Å²) in [5.74, 6) is 0.571. The normalized spacial score (nSPS) is 16.1. The van der Waals surface area contributed by atoms with Crippen molar-refractivity contribution in [3.05, 3.63) is 71.8 Å². The van der Waals surface area contributed by atoms with E-state index in [0.29, 0.717) is 26.1 Å². The van der Waals surface area contributed by atoms with Gasteiger partial charge in [0.25, 0.3) is 0 Å². The number of hydrogen-bond donors (Lipinski definition) is 0. The third kappa shape index (κ3) is 4.31. The fraction of sp³-hybridized carbons (Fsp3) is 0.304. The van der Waals surface area contributed by atoms with Crippen molar-refractivity contribution in [1.29, 1.82) is 0 Å². The minimum absolute atomic E-state index is 0.0353. The molecule has 29 heavy (non-hydrogen) atoms. The second kappa shape index (κ2) is 8.07. The highest BCUT2D eigenvalue weighted by atomic mass is 19.1. The maximum absolute atomic E-state index is 13.6. The van der Waals surface area contributed by atoms with Crippen LogP contribution in [0.1, 0.15) is 24.5 Å². The minimum atomic E-state index is -0.270. The number of fused-ring (bicyclic) bond motifs is 1. The van der Waals surface area contributed by atoms with Gasteiger partial charge < -0.3 is 9.64 Å². The molecule has 0 bridgehead atoms. The molecule has 0 saturated carbocycles. The number of hydrogen-bond acceptors (Lipinski definition) is 3. The fourth-order valence-electron chi connectivity index (χ4n) is 3.61. The average molecular weight is 393 g/mol. The molecule has 1 atom stereocenters. The van der Waals surface area contributed by atoms with Crippen LogP contribution in [-0.4, -0.2) is 33.2 Å². The maximum Gasteiger partial charge on any atom is 0.225 e. The van der Waals surface area contributed by atoms with E-state index in [2.05, 4.69) is 5.10 Å². The lowest BCUT2D eigenvalue weighted by Gasteiger charge is -2.26. The van der Waals surface area contributed by atoms with Gasteiger partial charge >= 0.3 is 0 Å². The van der Waals surface area contributed by atoms with Crippen LogP contribution in [0.15, 0.2) is 54.9 Å². The highest BCUT2D eigenvalue weighted by molar-refractivity contribution is 5.77. The Hall–Kier alpha value is -3.15. The summed E-state index contributed by atoms with van der Waals surface area (Å²) in [5.41, 5.74) is 3.71. The van der Waals surface area contributed by atoms with E-state index in [9.17, 15) is 9.18 Å². The van der Waals surface area contributed by atoms with Gasteiger partial charge in [-0.3, -0.25) is 9.48 Å². The number of aryl methyl sites for hydroxylation is 2. The van der Waals surface area contributed by atoms with Crippen molar-refractivity contribution in [2.45, 2.75) is 39.4 Å². The molecule has 0 radical (unpaired) electrons. The van der Waals surface area contributed by atoms with Gasteiger partial charge in [-0.05, 0) is 54.8 Å². The molecule has 2 heterocycles. The number of halogens is 1. The Morgan fingerprint density at radius 3 is 2.83 bits per heavy atom. The summed E-state index contributed by atoms with van der Waals surface area (Å²) in [6.45, 7) is 5.43. The van der Waals surface area contributed by atoms with Gasteiger partial charge in [-0.25, -0.2) is 4.39 Å². The molecule has 1 unspecified atom stereocenters. The van der Waals surface area contributed by atoms with E-state index in [4.69, 9.17) is 4.74 Å². The van der Waals surface area contributed by atoms with Crippen LogP contribution in [-0.2, 0) is 17.9 Å². The van der Waals surface area contributed by atoms with Gasteiger partial charge in [0.05, 0.1) is 12.2 Å². The summed E-state index contributed by atoms with van der Waals surface area (Å²) in [6.07, 6.45) is 4.10. The molecule has 0 aliphatic carbocycles. The molecule has 1 amide bonds. The number of rotatable bonds is 4. The third-order valence-electron chi connectivity index (χ3n) is 5.21. The Morgan fingerprint density at radius 2 is 2.07 bits per heavy atom. The van der Waals surface area contributed by atoms with Crippen LogP contribution < -0.4 is 4.74 Å². The summed E-state index contributed by atoms with van der Waals surface area (Å²) in [4.78, 5) is 14.8. The molecular weight excluding hydrogens is 369 g/mol. The Bertz CT molecular complexity index is 1030. The van der Waals surface area contributed by atoms with Crippen LogP contribution in [0.25, 0.3) is 11.1 Å². The molecule has 0 N–H and O–H groups in total. The lowest BCUT2D eigenvalue weighted by molar-refractivity contribution is -0.134. The molecule has 150 valence electrons. The molecule has 5 nitrogen and oxygen atoms in total. The third-order valence-corrected chi connectivity index (χ3v) is 5.21. The zero-order chi connectivity index (χ0) is 20.4. The van der Waals surface area contributed by atoms with Gasteiger partial charge in [0, 0.05) is 31.3 Å². The Kier molecular flexibility index (Phi) is 5.34. The molecule has 1 aliphatic rings. The molecular formula is C23H24FN3O2. The Labute approximate surface area is 169 Å². The van der Waals surface area contributed by atoms with E-state index in [-0.39, 0.29) is 17.8 Å². The van der Waals surface area contributed by atoms with Crippen molar-refractivity contribution in [3.63, 3.8) is 0 Å². The van der Waals surface area contributed by atoms with Crippen LogP contribution in [0.5, 0.6) is 5.75 Å². The number of aromatic nitrogens is 2. The van der Waals surface area contributed by atoms with Crippen molar-refractivity contribution in [3.8, 4) is 16.9 Å². The standard InChI is InChI=1S/C23H24FN3O2/c1-16-12-25-26(13-16)9-8-23(28)27-14-20-10-19(18-4-3-5-21(24)11-18)6-7-22(20)29-15-17(27)2/h3-7,10-13,17H,8-9,14-15H2,1-2H3. The molecule has 1 aliphatic heterocycles. The first-order valence-corrected chi connectivity index (χ1v) is 9.80. The number of nitrogens with zero attached hydrogens (tertiary/aromatic N) is 3. The first-order chi connectivity index (χ1) is 14.0. The highest BCUT2D eigenvalue weighted by Gasteiger charge is 2.25. The van der Waals surface area contributed by atoms with E-state index in [1.165, 1.54) is 12.1 Å². The predicted molar refractivity (Wildman–Crippen MR) is 109 cm³/mol. The maximum atomic E-state index is 13.6. The van der Waals surface area contributed by atoms with Crippen LogP contribution in [0.4, 0.5) is 4.39 Å². The first-order valence-electron chi connectivity index (χ1n) is 9.80. The van der Waals surface area contributed by atoms with Gasteiger partial charge in [0.15, 0.2) is 0 Å². The average Bonchev–Trinajstić information content (AvgIpc) is 3.06. The van der Waals surface area contributed by atoms with E-state index in [1.54, 1.807) is 16.9 Å². The Balaban J connectivity index is 1.54. The quantitative estimate of drug-likeness (QED) is 0.668. The van der Waals surface area contributed by atoms with E-state index >= 15 is 0 Å². The van der Waals surface area contributed by atoms with Crippen LogP contribution >= 0.6 is 0 Å². The van der Waals surface area contributed by atoms with Crippen molar-refractivity contribution < 1.29 is 13.9 Å². The van der Waals surface area contributed by atoms with Crippen LogP contribution in [0, 0.1) is 12.7 Å². The molecule has 6 heteroatoms. The van der Waals surface area contributed by atoms with Gasteiger partial charge in [0.2, 0.25) is 5.91 Å². The second-order valence-corrected chi connectivity index (χ2v) is 7.55. The molecule has 0 fully saturated rings. The smallest absolute Gasteiger partial charge is 0.225 e. The number of carbonyl (C=O) groups is 1. The molecule has 3 aromatic rings. The molecule has 4 rings (SSSR count). The highest BCUT2D eigenvalue weighted by Crippen LogP contribution is 2.31. The zero-order valence-corrected chi connectivity index (χ0v) is 16.6. The molecule has 2 aromatic carbocycles. The van der Waals surface area contributed by atoms with Crippen LogP contribution in [0.2, 0.25) is 0 Å². The van der Waals surface area contributed by atoms with Crippen molar-refractivity contribution in [2.24, 2.45) is 0 Å². The first kappa shape index (κ1) is 19.2. The lowest BCUT2D eigenvalue weighted by Crippen LogP contribution is -2.40. The number of ether oxygens (including phenoxy) is 1. The number of amides is 1. The monoisotopic (exact) mass is 393 g/mol. The predicted octanol–water partition coefficient (Wildman–Crippen LogP) is 4.20. The summed E-state index contributed by atoms with van der Waals surface area (Å²) in [5, 5.41) is 4.25. The van der Waals surface area contributed by atoms with Gasteiger partial charge in [-0.15, -0.1) is 0 Å². The molecule has 0 spiro atoms. The van der Waals surface area contributed by atoms with E-state index < -0.39 is 0 Å². The summed E-state index contributed by atoms with van der Waals surface area (Å²) in [7, 11) is 0. The van der Waals surface area contributed by atoms with Crippen LogP contribution in [0.3, 0.4) is 0 Å². The number of carbonyl (C=O) groups excluding carboxylic acids is 1. The second-order valence-electron chi connectivity index (χ2n) is 7.55. The van der Waals surface area contributed by atoms with E-state index in [1.807, 2.05) is 49.2 Å². The molecule has 0 saturated heterocycles. The Morgan fingerprint density at radius 1 is 1.24 bits per heavy atom. The zero-order valence-electron chi connectivity index (χ0n) is 16.6. The summed E-state index contributed by atoms with van der Waals surface area (Å²) < 4.78 is 21.3. The van der Waals surface area contributed by atoms with E-state index in [0.717, 1.165) is 28.0 Å². The number of benzene rings is 2. The van der Waals surface area contributed by atoms with Gasteiger partial charge in [-0.1, -0.05) is 18.2 Å². The van der Waals surface area contributed by atoms with Crippen molar-refractivity contribution in [2.75, 3.05) is 6.61 Å². The SMILES string of the molecule is Cc1cnn(CCC(=O)N2Cc3cc(-c4cccc(F)c4)ccc3OCC2C)c1. The lowest BCUT2D eigenvalue weighted by atomic mass is 10.0. The fourth-order valence-corrected chi connectivity index (χ4v) is 3.61. The summed E-state index contributed by atoms with van der Waals surface area (Å²) in [6, 6.07) is 12.3. The molecule has 1 aromatic heterocycles. The van der Waals surface area contributed by atoms with Crippen molar-refractivity contribution >= 4 is 5.91 Å². The largest absolute Gasteiger partial charge is 0.491 e. The summed E-state index contributed by atoms with van der Waals surface area (Å²) >= 11 is 0. The van der Waals surface area contributed by atoms with Gasteiger partial charge in [0.1, 0.15) is 18.2 Å². The minimum Gasteiger partial charge on any atom is -0.491 e. The topological polar surface area (TPSA) is 47.4 Å². The van der Waals surface area contributed by atoms with Gasteiger partial charge in [-0.2, -0.15) is 5.10 Å². The van der Waals surface area contributed by atoms with Crippen molar-refractivity contribution in [1.82, 2.24) is 14.7 Å².